The van der Waals surface area contributed by atoms with E-state index in [0.717, 1.165) is 9.26 Å². The lowest BCUT2D eigenvalue weighted by atomic mass is 9.89. The molecule has 0 aliphatic carbocycles. The van der Waals surface area contributed by atoms with Crippen LogP contribution < -0.4 is 5.46 Å². The Hall–Kier alpha value is -0.815. The number of aromatic nitrogens is 1. The first-order chi connectivity index (χ1) is 7.20. The third-order valence-electron chi connectivity index (χ3n) is 2.08. The quantitative estimate of drug-likeness (QED) is 0.670. The average Bonchev–Trinajstić information content (AvgIpc) is 2.65. The lowest BCUT2D eigenvalue weighted by Crippen LogP contribution is -2.09. The van der Waals surface area contributed by atoms with Crippen molar-refractivity contribution in [1.82, 2.24) is 5.16 Å². The van der Waals surface area contributed by atoms with Crippen LogP contribution in [0.25, 0.3) is 11.3 Å². The molecule has 1 N–H and O–H groups in total. The first-order valence-corrected chi connectivity index (χ1v) is 5.40. The minimum atomic E-state index is -0.0555. The summed E-state index contributed by atoms with van der Waals surface area (Å²) in [4.78, 5) is 0. The maximum Gasteiger partial charge on any atom is 0.167 e. The van der Waals surface area contributed by atoms with Crippen LogP contribution in [0.1, 0.15) is 5.56 Å². The second kappa shape index (κ2) is 4.36. The Labute approximate surface area is 102 Å². The van der Waals surface area contributed by atoms with Crippen LogP contribution in [0.2, 0.25) is 0 Å². The van der Waals surface area contributed by atoms with Gasteiger partial charge in [-0.05, 0) is 28.2 Å². The zero-order valence-electron chi connectivity index (χ0n) is 7.77. The minimum Gasteiger partial charge on any atom is -0.392 e. The molecule has 0 spiro atoms. The Bertz CT molecular complexity index is 484. The van der Waals surface area contributed by atoms with Crippen molar-refractivity contribution in [2.24, 2.45) is 0 Å². The Kier molecular flexibility index (Phi) is 3.11. The molecule has 0 amide bonds. The molecule has 0 aliphatic rings. The Morgan fingerprint density at radius 3 is 2.73 bits per heavy atom. The summed E-state index contributed by atoms with van der Waals surface area (Å²) < 4.78 is 5.90. The molecule has 0 saturated carbocycles. The number of halogens is 1. The van der Waals surface area contributed by atoms with E-state index in [4.69, 9.17) is 17.5 Å². The van der Waals surface area contributed by atoms with Gasteiger partial charge < -0.3 is 9.63 Å². The summed E-state index contributed by atoms with van der Waals surface area (Å²) in [7, 11) is 5.75. The highest BCUT2D eigenvalue weighted by Gasteiger charge is 2.06. The topological polar surface area (TPSA) is 46.3 Å². The number of hydrogen-bond donors (Lipinski definition) is 1. The Morgan fingerprint density at radius 2 is 2.20 bits per heavy atom. The molecule has 2 rings (SSSR count). The summed E-state index contributed by atoms with van der Waals surface area (Å²) in [5.41, 5.74) is 2.13. The summed E-state index contributed by atoms with van der Waals surface area (Å²) in [6.45, 7) is -0.0555. The molecule has 0 atom stereocenters. The van der Waals surface area contributed by atoms with Crippen LogP contribution in [0.15, 0.2) is 28.8 Å². The van der Waals surface area contributed by atoms with Crippen molar-refractivity contribution in [3.8, 4) is 11.3 Å². The fraction of sp³-hybridized carbons (Fsp3) is 0.100. The smallest absolute Gasteiger partial charge is 0.167 e. The van der Waals surface area contributed by atoms with Crippen molar-refractivity contribution in [3.63, 3.8) is 0 Å². The first-order valence-electron chi connectivity index (χ1n) is 4.32. The molecule has 0 saturated heterocycles. The second-order valence-corrected chi connectivity index (χ2v) is 4.19. The van der Waals surface area contributed by atoms with Gasteiger partial charge in [-0.2, -0.15) is 0 Å². The SMILES string of the molecule is [B]c1cc(-c2cc(I)no2)ccc1CO. The summed E-state index contributed by atoms with van der Waals surface area (Å²) in [5.74, 6) is 0.676. The van der Waals surface area contributed by atoms with Gasteiger partial charge in [0.25, 0.3) is 0 Å². The van der Waals surface area contributed by atoms with E-state index in [1.165, 1.54) is 0 Å². The number of aliphatic hydroxyl groups excluding tert-OH is 1. The zero-order chi connectivity index (χ0) is 10.8. The molecule has 2 aromatic rings. The highest BCUT2D eigenvalue weighted by molar-refractivity contribution is 14.1. The van der Waals surface area contributed by atoms with E-state index >= 15 is 0 Å². The van der Waals surface area contributed by atoms with E-state index in [1.54, 1.807) is 12.1 Å². The fourth-order valence-electron chi connectivity index (χ4n) is 1.28. The standard InChI is InChI=1S/C10H7BINO2/c11-8-3-6(1-2-7(8)5-14)9-4-10(12)13-15-9/h1-4,14H,5H2. The molecular formula is C10H7BINO2. The zero-order valence-corrected chi connectivity index (χ0v) is 9.93. The van der Waals surface area contributed by atoms with Crippen LogP contribution in [0.5, 0.6) is 0 Å². The highest BCUT2D eigenvalue weighted by Crippen LogP contribution is 2.20. The number of benzene rings is 1. The molecule has 0 aliphatic heterocycles. The van der Waals surface area contributed by atoms with Crippen molar-refractivity contribution in [1.29, 1.82) is 0 Å². The van der Waals surface area contributed by atoms with Crippen molar-refractivity contribution in [2.45, 2.75) is 6.61 Å². The highest BCUT2D eigenvalue weighted by atomic mass is 127. The van der Waals surface area contributed by atoms with Crippen molar-refractivity contribution < 1.29 is 9.63 Å². The molecule has 0 unspecified atom stereocenters. The van der Waals surface area contributed by atoms with Crippen LogP contribution in [0.4, 0.5) is 0 Å². The predicted octanol–water partition coefficient (Wildman–Crippen LogP) is 1.23. The van der Waals surface area contributed by atoms with Gasteiger partial charge in [-0.15, -0.1) is 0 Å². The maximum absolute atomic E-state index is 8.97. The van der Waals surface area contributed by atoms with E-state index in [0.29, 0.717) is 16.8 Å². The summed E-state index contributed by atoms with van der Waals surface area (Å²) in [6.07, 6.45) is 0. The normalized spacial score (nSPS) is 10.5. The number of rotatable bonds is 2. The van der Waals surface area contributed by atoms with Gasteiger partial charge >= 0.3 is 0 Å². The average molecular weight is 311 g/mol. The van der Waals surface area contributed by atoms with E-state index in [2.05, 4.69) is 27.7 Å². The lowest BCUT2D eigenvalue weighted by Gasteiger charge is -2.03. The number of hydrogen-bond acceptors (Lipinski definition) is 3. The Morgan fingerprint density at radius 1 is 1.40 bits per heavy atom. The lowest BCUT2D eigenvalue weighted by molar-refractivity contribution is 0.283. The van der Waals surface area contributed by atoms with Crippen molar-refractivity contribution in [2.75, 3.05) is 0 Å². The van der Waals surface area contributed by atoms with Gasteiger partial charge in [0.2, 0.25) is 0 Å². The van der Waals surface area contributed by atoms with Crippen LogP contribution in [0, 0.1) is 3.70 Å². The molecule has 0 bridgehead atoms. The van der Waals surface area contributed by atoms with Crippen molar-refractivity contribution >= 4 is 35.9 Å². The molecule has 2 radical (unpaired) electrons. The Balaban J connectivity index is 2.42. The van der Waals surface area contributed by atoms with E-state index < -0.39 is 0 Å². The monoisotopic (exact) mass is 311 g/mol. The number of aliphatic hydroxyl groups is 1. The molecule has 5 heteroatoms. The molecule has 1 aromatic heterocycles. The second-order valence-electron chi connectivity index (χ2n) is 3.09. The third-order valence-corrected chi connectivity index (χ3v) is 2.59. The first kappa shape index (κ1) is 10.7. The summed E-state index contributed by atoms with van der Waals surface area (Å²) in [5, 5.41) is 12.8. The molecule has 15 heavy (non-hydrogen) atoms. The summed E-state index contributed by atoms with van der Waals surface area (Å²) in [6, 6.07) is 7.22. The maximum atomic E-state index is 8.97. The van der Waals surface area contributed by atoms with E-state index in [-0.39, 0.29) is 6.61 Å². The molecule has 3 nitrogen and oxygen atoms in total. The summed E-state index contributed by atoms with van der Waals surface area (Å²) >= 11 is 2.07. The van der Waals surface area contributed by atoms with E-state index in [9.17, 15) is 0 Å². The van der Waals surface area contributed by atoms with Crippen molar-refractivity contribution in [3.05, 3.63) is 33.5 Å². The van der Waals surface area contributed by atoms with Gasteiger partial charge in [-0.3, -0.25) is 0 Å². The predicted molar refractivity (Wildman–Crippen MR) is 66.0 cm³/mol. The third kappa shape index (κ3) is 2.23. The molecule has 1 aromatic carbocycles. The van der Waals surface area contributed by atoms with E-state index in [1.807, 2.05) is 12.1 Å². The van der Waals surface area contributed by atoms with Gasteiger partial charge in [0, 0.05) is 11.6 Å². The van der Waals surface area contributed by atoms with Crippen LogP contribution in [-0.4, -0.2) is 18.1 Å². The molecule has 74 valence electrons. The fourth-order valence-corrected chi connectivity index (χ4v) is 1.66. The largest absolute Gasteiger partial charge is 0.392 e. The van der Waals surface area contributed by atoms with Gasteiger partial charge in [0.15, 0.2) is 5.76 Å². The molecule has 0 fully saturated rings. The van der Waals surface area contributed by atoms with Crippen LogP contribution >= 0.6 is 22.6 Å². The molecule has 1 heterocycles. The van der Waals surface area contributed by atoms with Gasteiger partial charge in [0.1, 0.15) is 11.5 Å². The minimum absolute atomic E-state index is 0.0555. The van der Waals surface area contributed by atoms with Gasteiger partial charge in [0.05, 0.1) is 6.61 Å². The number of nitrogens with zero attached hydrogens (tertiary/aromatic N) is 1. The van der Waals surface area contributed by atoms with Crippen LogP contribution in [0.3, 0.4) is 0 Å². The van der Waals surface area contributed by atoms with Crippen LogP contribution in [-0.2, 0) is 6.61 Å². The van der Waals surface area contributed by atoms with Gasteiger partial charge in [-0.1, -0.05) is 28.8 Å². The van der Waals surface area contributed by atoms with Gasteiger partial charge in [-0.25, -0.2) is 0 Å². The molecular weight excluding hydrogens is 304 g/mol.